The Labute approximate surface area is 95.7 Å². The first-order chi connectivity index (χ1) is 7.86. The largest absolute Gasteiger partial charge is 0.271 e. The topological polar surface area (TPSA) is 50.9 Å². The maximum absolute atomic E-state index is 5.59. The summed E-state index contributed by atoms with van der Waals surface area (Å²) >= 11 is 0. The van der Waals surface area contributed by atoms with E-state index in [1.54, 1.807) is 0 Å². The highest BCUT2D eigenvalue weighted by molar-refractivity contribution is 5.84. The van der Waals surface area contributed by atoms with Crippen LogP contribution in [0, 0.1) is 0 Å². The molecular formula is C13H17N3. The number of nitrogens with one attached hydrogen (secondary N) is 1. The van der Waals surface area contributed by atoms with Gasteiger partial charge in [-0.25, -0.2) is 0 Å². The van der Waals surface area contributed by atoms with Gasteiger partial charge in [-0.1, -0.05) is 37.6 Å². The second-order valence-electron chi connectivity index (χ2n) is 3.93. The molecule has 1 unspecified atom stereocenters. The highest BCUT2D eigenvalue weighted by Gasteiger charge is 2.12. The first kappa shape index (κ1) is 11.0. The molecular weight excluding hydrogens is 198 g/mol. The first-order valence-corrected chi connectivity index (χ1v) is 5.66. The third-order valence-corrected chi connectivity index (χ3v) is 2.81. The molecule has 0 aliphatic carbocycles. The van der Waals surface area contributed by atoms with Crippen LogP contribution in [0.1, 0.15) is 31.5 Å². The molecule has 0 spiro atoms. The average Bonchev–Trinajstić information content (AvgIpc) is 2.35. The SMILES string of the molecule is CCCC(NN)c1nccc2ccccc12. The summed E-state index contributed by atoms with van der Waals surface area (Å²) in [6.07, 6.45) is 3.93. The molecule has 0 fully saturated rings. The lowest BCUT2D eigenvalue weighted by atomic mass is 10.0. The summed E-state index contributed by atoms with van der Waals surface area (Å²) in [4.78, 5) is 4.45. The Balaban J connectivity index is 2.50. The fourth-order valence-electron chi connectivity index (χ4n) is 2.01. The van der Waals surface area contributed by atoms with Crippen LogP contribution < -0.4 is 11.3 Å². The molecule has 0 bridgehead atoms. The van der Waals surface area contributed by atoms with Crippen LogP contribution in [0.5, 0.6) is 0 Å². The molecule has 2 aromatic rings. The number of benzene rings is 1. The number of hydrazine groups is 1. The molecule has 1 atom stereocenters. The van der Waals surface area contributed by atoms with Gasteiger partial charge in [-0.2, -0.15) is 0 Å². The number of nitrogens with two attached hydrogens (primary N) is 1. The van der Waals surface area contributed by atoms with Gasteiger partial charge < -0.3 is 0 Å². The molecule has 3 nitrogen and oxygen atoms in total. The molecule has 1 heterocycles. The van der Waals surface area contributed by atoms with Crippen molar-refractivity contribution in [1.29, 1.82) is 0 Å². The summed E-state index contributed by atoms with van der Waals surface area (Å²) in [5.74, 6) is 5.59. The first-order valence-electron chi connectivity index (χ1n) is 5.66. The van der Waals surface area contributed by atoms with Crippen molar-refractivity contribution in [2.45, 2.75) is 25.8 Å². The third-order valence-electron chi connectivity index (χ3n) is 2.81. The number of rotatable bonds is 4. The molecule has 0 saturated carbocycles. The molecule has 3 heteroatoms. The lowest BCUT2D eigenvalue weighted by Gasteiger charge is -2.16. The van der Waals surface area contributed by atoms with Crippen molar-refractivity contribution in [3.8, 4) is 0 Å². The van der Waals surface area contributed by atoms with Crippen LogP contribution >= 0.6 is 0 Å². The van der Waals surface area contributed by atoms with Crippen LogP contribution in [0.4, 0.5) is 0 Å². The molecule has 16 heavy (non-hydrogen) atoms. The summed E-state index contributed by atoms with van der Waals surface area (Å²) in [5, 5.41) is 2.39. The zero-order valence-electron chi connectivity index (χ0n) is 9.48. The van der Waals surface area contributed by atoms with Crippen molar-refractivity contribution in [1.82, 2.24) is 10.4 Å². The van der Waals surface area contributed by atoms with E-state index in [9.17, 15) is 0 Å². The van der Waals surface area contributed by atoms with Crippen LogP contribution in [-0.2, 0) is 0 Å². The number of nitrogens with zero attached hydrogens (tertiary/aromatic N) is 1. The van der Waals surface area contributed by atoms with Crippen LogP contribution in [-0.4, -0.2) is 4.98 Å². The van der Waals surface area contributed by atoms with E-state index in [0.29, 0.717) is 0 Å². The molecule has 0 amide bonds. The molecule has 3 N–H and O–H groups in total. The van der Waals surface area contributed by atoms with E-state index in [1.165, 1.54) is 10.8 Å². The number of aromatic nitrogens is 1. The number of pyridine rings is 1. The van der Waals surface area contributed by atoms with Crippen LogP contribution in [0.15, 0.2) is 36.5 Å². The minimum atomic E-state index is 0.135. The standard InChI is InChI=1S/C13H17N3/c1-2-5-12(16-14)13-11-7-4-3-6-10(11)8-9-15-13/h3-4,6-9,12,16H,2,5,14H2,1H3. The van der Waals surface area contributed by atoms with Gasteiger partial charge in [0.2, 0.25) is 0 Å². The maximum atomic E-state index is 5.59. The average molecular weight is 215 g/mol. The molecule has 84 valence electrons. The van der Waals surface area contributed by atoms with Gasteiger partial charge in [0, 0.05) is 11.6 Å². The maximum Gasteiger partial charge on any atom is 0.0664 e. The minimum absolute atomic E-state index is 0.135. The lowest BCUT2D eigenvalue weighted by molar-refractivity contribution is 0.502. The number of hydrogen-bond acceptors (Lipinski definition) is 3. The fourth-order valence-corrected chi connectivity index (χ4v) is 2.01. The quantitative estimate of drug-likeness (QED) is 0.608. The molecule has 1 aromatic carbocycles. The Morgan fingerprint density at radius 3 is 2.88 bits per heavy atom. The Bertz CT molecular complexity index is 462. The predicted octanol–water partition coefficient (Wildman–Crippen LogP) is 2.54. The molecule has 0 radical (unpaired) electrons. The van der Waals surface area contributed by atoms with Crippen molar-refractivity contribution >= 4 is 10.8 Å². The summed E-state index contributed by atoms with van der Waals surface area (Å²) in [6.45, 7) is 2.15. The van der Waals surface area contributed by atoms with Gasteiger partial charge in [0.25, 0.3) is 0 Å². The van der Waals surface area contributed by atoms with E-state index in [-0.39, 0.29) is 6.04 Å². The van der Waals surface area contributed by atoms with E-state index in [1.807, 2.05) is 24.4 Å². The smallest absolute Gasteiger partial charge is 0.0664 e. The summed E-state index contributed by atoms with van der Waals surface area (Å²) in [6, 6.07) is 10.4. The Morgan fingerprint density at radius 1 is 1.31 bits per heavy atom. The zero-order chi connectivity index (χ0) is 11.4. The van der Waals surface area contributed by atoms with Gasteiger partial charge in [-0.05, 0) is 17.9 Å². The van der Waals surface area contributed by atoms with Gasteiger partial charge >= 0.3 is 0 Å². The van der Waals surface area contributed by atoms with Gasteiger partial charge in [0.1, 0.15) is 0 Å². The van der Waals surface area contributed by atoms with Crippen molar-refractivity contribution in [2.24, 2.45) is 5.84 Å². The summed E-state index contributed by atoms with van der Waals surface area (Å²) in [5.41, 5.74) is 3.89. The molecule has 1 aromatic heterocycles. The molecule has 0 aliphatic heterocycles. The zero-order valence-corrected chi connectivity index (χ0v) is 9.48. The fraction of sp³-hybridized carbons (Fsp3) is 0.308. The van der Waals surface area contributed by atoms with Gasteiger partial charge in [0.05, 0.1) is 11.7 Å². The molecule has 0 saturated heterocycles. The van der Waals surface area contributed by atoms with E-state index in [0.717, 1.165) is 18.5 Å². The molecule has 0 aliphatic rings. The third kappa shape index (κ3) is 2.05. The number of fused-ring (bicyclic) bond motifs is 1. The van der Waals surface area contributed by atoms with Crippen LogP contribution in [0.3, 0.4) is 0 Å². The van der Waals surface area contributed by atoms with Crippen LogP contribution in [0.25, 0.3) is 10.8 Å². The summed E-state index contributed by atoms with van der Waals surface area (Å²) in [7, 11) is 0. The van der Waals surface area contributed by atoms with E-state index >= 15 is 0 Å². The highest BCUT2D eigenvalue weighted by atomic mass is 15.2. The Morgan fingerprint density at radius 2 is 2.12 bits per heavy atom. The van der Waals surface area contributed by atoms with Gasteiger partial charge in [-0.15, -0.1) is 0 Å². The second kappa shape index (κ2) is 5.05. The van der Waals surface area contributed by atoms with E-state index in [4.69, 9.17) is 5.84 Å². The normalized spacial score (nSPS) is 12.9. The summed E-state index contributed by atoms with van der Waals surface area (Å²) < 4.78 is 0. The van der Waals surface area contributed by atoms with Crippen molar-refractivity contribution in [3.05, 3.63) is 42.2 Å². The van der Waals surface area contributed by atoms with Crippen molar-refractivity contribution in [2.75, 3.05) is 0 Å². The van der Waals surface area contributed by atoms with Gasteiger partial charge in [-0.3, -0.25) is 16.3 Å². The van der Waals surface area contributed by atoms with E-state index < -0.39 is 0 Å². The lowest BCUT2D eigenvalue weighted by Crippen LogP contribution is -2.28. The second-order valence-corrected chi connectivity index (χ2v) is 3.93. The Hall–Kier alpha value is -1.45. The molecule has 2 rings (SSSR count). The predicted molar refractivity (Wildman–Crippen MR) is 66.7 cm³/mol. The minimum Gasteiger partial charge on any atom is -0.271 e. The highest BCUT2D eigenvalue weighted by Crippen LogP contribution is 2.24. The monoisotopic (exact) mass is 215 g/mol. The van der Waals surface area contributed by atoms with Crippen LogP contribution in [0.2, 0.25) is 0 Å². The van der Waals surface area contributed by atoms with E-state index in [2.05, 4.69) is 29.5 Å². The number of hydrogen-bond donors (Lipinski definition) is 2. The van der Waals surface area contributed by atoms with Gasteiger partial charge in [0.15, 0.2) is 0 Å². The Kier molecular flexibility index (Phi) is 3.49. The van der Waals surface area contributed by atoms with Crippen molar-refractivity contribution < 1.29 is 0 Å². The van der Waals surface area contributed by atoms with Crippen molar-refractivity contribution in [3.63, 3.8) is 0 Å².